The SMILES string of the molecule is Cc1ccc(-c2ccc(N(C)CCNC(=O)c3cccc(-c4noc(C(F)(F)F)n4)c3)s2)nc1. The number of rotatable bonds is 7. The van der Waals surface area contributed by atoms with Crippen molar-refractivity contribution >= 4 is 22.2 Å². The Bertz CT molecular complexity index is 1280. The van der Waals surface area contributed by atoms with Crippen molar-refractivity contribution in [2.75, 3.05) is 25.0 Å². The largest absolute Gasteiger partial charge is 0.471 e. The van der Waals surface area contributed by atoms with Crippen molar-refractivity contribution < 1.29 is 22.5 Å². The summed E-state index contributed by atoms with van der Waals surface area (Å²) in [5.74, 6) is -2.03. The van der Waals surface area contributed by atoms with Gasteiger partial charge in [0.1, 0.15) is 0 Å². The number of nitrogens with one attached hydrogen (secondary N) is 1. The van der Waals surface area contributed by atoms with Crippen LogP contribution in [-0.2, 0) is 6.18 Å². The van der Waals surface area contributed by atoms with Gasteiger partial charge in [0.25, 0.3) is 5.91 Å². The predicted molar refractivity (Wildman–Crippen MR) is 123 cm³/mol. The highest BCUT2D eigenvalue weighted by Crippen LogP contribution is 2.32. The van der Waals surface area contributed by atoms with Gasteiger partial charge in [-0.25, -0.2) is 0 Å². The zero-order chi connectivity index (χ0) is 24.3. The highest BCUT2D eigenvalue weighted by molar-refractivity contribution is 7.19. The van der Waals surface area contributed by atoms with Crippen LogP contribution in [0.2, 0.25) is 0 Å². The van der Waals surface area contributed by atoms with Crippen LogP contribution < -0.4 is 10.2 Å². The molecule has 0 aliphatic carbocycles. The lowest BCUT2D eigenvalue weighted by molar-refractivity contribution is -0.159. The van der Waals surface area contributed by atoms with Gasteiger partial charge in [0.2, 0.25) is 5.82 Å². The minimum atomic E-state index is -4.73. The summed E-state index contributed by atoms with van der Waals surface area (Å²) in [5.41, 5.74) is 2.54. The van der Waals surface area contributed by atoms with Gasteiger partial charge >= 0.3 is 12.1 Å². The molecule has 0 unspecified atom stereocenters. The Labute approximate surface area is 197 Å². The van der Waals surface area contributed by atoms with E-state index in [0.717, 1.165) is 21.1 Å². The molecule has 4 rings (SSSR count). The van der Waals surface area contributed by atoms with E-state index in [0.29, 0.717) is 13.1 Å². The van der Waals surface area contributed by atoms with E-state index < -0.39 is 12.1 Å². The number of aryl methyl sites for hydroxylation is 1. The molecular weight excluding hydrogens is 467 g/mol. The third kappa shape index (κ3) is 5.42. The Hall–Kier alpha value is -3.73. The van der Waals surface area contributed by atoms with E-state index in [1.165, 1.54) is 12.1 Å². The van der Waals surface area contributed by atoms with Gasteiger partial charge in [-0.15, -0.1) is 11.3 Å². The predicted octanol–water partition coefficient (Wildman–Crippen LogP) is 5.05. The summed E-state index contributed by atoms with van der Waals surface area (Å²) in [6.45, 7) is 2.92. The molecule has 1 aromatic carbocycles. The highest BCUT2D eigenvalue weighted by atomic mass is 32.1. The molecule has 0 atom stereocenters. The van der Waals surface area contributed by atoms with Gasteiger partial charge < -0.3 is 14.7 Å². The Morgan fingerprint density at radius 1 is 1.18 bits per heavy atom. The Balaban J connectivity index is 1.34. The number of carbonyl (C=O) groups excluding carboxylic acids is 1. The first-order valence-electron chi connectivity index (χ1n) is 10.2. The molecule has 1 N–H and O–H groups in total. The number of amides is 1. The molecule has 3 aromatic heterocycles. The second-order valence-electron chi connectivity index (χ2n) is 7.54. The maximum atomic E-state index is 12.7. The van der Waals surface area contributed by atoms with Crippen LogP contribution in [0.25, 0.3) is 22.0 Å². The van der Waals surface area contributed by atoms with E-state index in [1.807, 2.05) is 49.3 Å². The number of hydrogen-bond donors (Lipinski definition) is 1. The zero-order valence-electron chi connectivity index (χ0n) is 18.3. The number of pyridine rings is 1. The standard InChI is InChI=1S/C23H20F3N5O2S/c1-14-6-7-17(28-13-14)18-8-9-19(34-18)31(2)11-10-27-21(32)16-5-3-4-15(12-16)20-29-22(33-30-20)23(24,25)26/h3-9,12-13H,10-11H2,1-2H3,(H,27,32). The average molecular weight is 488 g/mol. The maximum Gasteiger partial charge on any atom is 0.471 e. The number of thiophene rings is 1. The van der Waals surface area contributed by atoms with E-state index in [2.05, 4.69) is 25.0 Å². The lowest BCUT2D eigenvalue weighted by Crippen LogP contribution is -2.32. The molecule has 0 fully saturated rings. The molecule has 1 amide bonds. The number of alkyl halides is 3. The van der Waals surface area contributed by atoms with Crippen molar-refractivity contribution in [2.45, 2.75) is 13.1 Å². The number of likely N-dealkylation sites (N-methyl/N-ethyl adjacent to an activating group) is 1. The summed E-state index contributed by atoms with van der Waals surface area (Å²) in [7, 11) is 1.93. The number of hydrogen-bond acceptors (Lipinski definition) is 7. The average Bonchev–Trinajstić information content (AvgIpc) is 3.50. The fourth-order valence-corrected chi connectivity index (χ4v) is 4.06. The molecule has 34 heavy (non-hydrogen) atoms. The van der Waals surface area contributed by atoms with E-state index >= 15 is 0 Å². The molecule has 0 saturated heterocycles. The van der Waals surface area contributed by atoms with Gasteiger partial charge in [0, 0.05) is 37.5 Å². The summed E-state index contributed by atoms with van der Waals surface area (Å²) >= 11 is 1.61. The molecular formula is C23H20F3N5O2S. The second-order valence-corrected chi connectivity index (χ2v) is 8.60. The van der Waals surface area contributed by atoms with Crippen molar-refractivity contribution in [3.63, 3.8) is 0 Å². The molecule has 0 aliphatic heterocycles. The van der Waals surface area contributed by atoms with Gasteiger partial charge in [-0.05, 0) is 42.8 Å². The summed E-state index contributed by atoms with van der Waals surface area (Å²) < 4.78 is 42.3. The summed E-state index contributed by atoms with van der Waals surface area (Å²) in [5, 5.41) is 7.21. The number of aromatic nitrogens is 3. The number of benzene rings is 1. The normalized spacial score (nSPS) is 11.4. The van der Waals surface area contributed by atoms with Crippen LogP contribution in [0.5, 0.6) is 0 Å². The quantitative estimate of drug-likeness (QED) is 0.393. The Morgan fingerprint density at radius 2 is 2.00 bits per heavy atom. The van der Waals surface area contributed by atoms with Crippen LogP contribution in [-0.4, -0.2) is 41.2 Å². The molecule has 0 radical (unpaired) electrons. The molecule has 0 saturated carbocycles. The van der Waals surface area contributed by atoms with Crippen molar-refractivity contribution in [1.29, 1.82) is 0 Å². The fraction of sp³-hybridized carbons (Fsp3) is 0.217. The van der Waals surface area contributed by atoms with Crippen LogP contribution in [0.15, 0.2) is 59.3 Å². The first-order valence-corrected chi connectivity index (χ1v) is 11.1. The van der Waals surface area contributed by atoms with E-state index in [9.17, 15) is 18.0 Å². The lowest BCUT2D eigenvalue weighted by atomic mass is 10.1. The second kappa shape index (κ2) is 9.64. The molecule has 0 aliphatic rings. The number of nitrogens with zero attached hydrogens (tertiary/aromatic N) is 4. The summed E-state index contributed by atoms with van der Waals surface area (Å²) in [6, 6.07) is 14.1. The van der Waals surface area contributed by atoms with Crippen molar-refractivity contribution in [3.05, 3.63) is 71.7 Å². The van der Waals surface area contributed by atoms with Gasteiger partial charge in [-0.2, -0.15) is 18.2 Å². The van der Waals surface area contributed by atoms with Crippen LogP contribution in [0.3, 0.4) is 0 Å². The van der Waals surface area contributed by atoms with E-state index in [1.54, 1.807) is 23.5 Å². The molecule has 11 heteroatoms. The summed E-state index contributed by atoms with van der Waals surface area (Å²) in [4.78, 5) is 23.4. The molecule has 7 nitrogen and oxygen atoms in total. The number of carbonyl (C=O) groups is 1. The van der Waals surface area contributed by atoms with Crippen molar-refractivity contribution in [1.82, 2.24) is 20.4 Å². The summed E-state index contributed by atoms with van der Waals surface area (Å²) in [6.07, 6.45) is -2.90. The lowest BCUT2D eigenvalue weighted by Gasteiger charge is -2.17. The molecule has 3 heterocycles. The number of halogens is 3. The van der Waals surface area contributed by atoms with Gasteiger partial charge in [-0.3, -0.25) is 9.78 Å². The molecule has 0 spiro atoms. The Kier molecular flexibility index (Phi) is 6.64. The van der Waals surface area contributed by atoms with E-state index in [-0.39, 0.29) is 22.9 Å². The van der Waals surface area contributed by atoms with E-state index in [4.69, 9.17) is 0 Å². The highest BCUT2D eigenvalue weighted by Gasteiger charge is 2.38. The molecule has 0 bridgehead atoms. The van der Waals surface area contributed by atoms with Crippen LogP contribution in [0.4, 0.5) is 18.2 Å². The smallest absolute Gasteiger partial charge is 0.365 e. The van der Waals surface area contributed by atoms with Gasteiger partial charge in [0.05, 0.1) is 15.6 Å². The van der Waals surface area contributed by atoms with Crippen LogP contribution >= 0.6 is 11.3 Å². The third-order valence-corrected chi connectivity index (χ3v) is 6.14. The topological polar surface area (TPSA) is 84.2 Å². The third-order valence-electron chi connectivity index (χ3n) is 4.92. The van der Waals surface area contributed by atoms with Gasteiger partial charge in [-0.1, -0.05) is 23.4 Å². The fourth-order valence-electron chi connectivity index (χ4n) is 3.09. The van der Waals surface area contributed by atoms with Crippen molar-refractivity contribution in [3.8, 4) is 22.0 Å². The maximum absolute atomic E-state index is 12.7. The van der Waals surface area contributed by atoms with Crippen LogP contribution in [0.1, 0.15) is 21.8 Å². The minimum absolute atomic E-state index is 0.238. The molecule has 4 aromatic rings. The number of anilines is 1. The Morgan fingerprint density at radius 3 is 2.71 bits per heavy atom. The van der Waals surface area contributed by atoms with Crippen LogP contribution in [0, 0.1) is 6.92 Å². The minimum Gasteiger partial charge on any atom is -0.365 e. The first-order chi connectivity index (χ1) is 16.2. The van der Waals surface area contributed by atoms with Crippen molar-refractivity contribution in [2.24, 2.45) is 0 Å². The van der Waals surface area contributed by atoms with Gasteiger partial charge in [0.15, 0.2) is 0 Å². The first kappa shape index (κ1) is 23.4. The molecule has 176 valence electrons. The zero-order valence-corrected chi connectivity index (χ0v) is 19.1. The monoisotopic (exact) mass is 487 g/mol.